The lowest BCUT2D eigenvalue weighted by atomic mass is 10.2. The first kappa shape index (κ1) is 8.04. The lowest BCUT2D eigenvalue weighted by molar-refractivity contribution is 0.420. The van der Waals surface area contributed by atoms with Crippen molar-refractivity contribution < 1.29 is 4.42 Å². The second-order valence-electron chi connectivity index (χ2n) is 2.26. The molecule has 0 aromatic carbocycles. The molecule has 11 heavy (non-hydrogen) atoms. The Hall–Kier alpha value is -1.06. The Morgan fingerprint density at radius 3 is 3.09 bits per heavy atom. The lowest BCUT2D eigenvalue weighted by Crippen LogP contribution is -2.27. The highest BCUT2D eigenvalue weighted by atomic mass is 16.3. The van der Waals surface area contributed by atoms with Gasteiger partial charge < -0.3 is 4.42 Å². The van der Waals surface area contributed by atoms with Gasteiger partial charge in [-0.25, -0.2) is 5.43 Å². The van der Waals surface area contributed by atoms with E-state index in [-0.39, 0.29) is 6.04 Å². The van der Waals surface area contributed by atoms with Crippen molar-refractivity contribution in [3.8, 4) is 0 Å². The number of rotatable bonds is 4. The van der Waals surface area contributed by atoms with Gasteiger partial charge in [0, 0.05) is 0 Å². The molecular formula is C8H12N2O. The summed E-state index contributed by atoms with van der Waals surface area (Å²) in [5.74, 6) is 6.13. The zero-order chi connectivity index (χ0) is 8.10. The van der Waals surface area contributed by atoms with Crippen LogP contribution in [0.15, 0.2) is 35.5 Å². The smallest absolute Gasteiger partial charge is 0.122 e. The van der Waals surface area contributed by atoms with E-state index in [1.54, 1.807) is 12.3 Å². The fraction of sp³-hybridized carbons (Fsp3) is 0.250. The molecule has 0 spiro atoms. The number of nitrogens with one attached hydrogen (secondary N) is 1. The molecule has 1 atom stereocenters. The van der Waals surface area contributed by atoms with Gasteiger partial charge in [-0.1, -0.05) is 6.08 Å². The predicted octanol–water partition coefficient (Wildman–Crippen LogP) is 1.36. The first-order valence-electron chi connectivity index (χ1n) is 3.49. The zero-order valence-electron chi connectivity index (χ0n) is 6.29. The molecule has 3 nitrogen and oxygen atoms in total. The first-order valence-corrected chi connectivity index (χ1v) is 3.49. The van der Waals surface area contributed by atoms with Crippen LogP contribution in [0.2, 0.25) is 0 Å². The van der Waals surface area contributed by atoms with Crippen molar-refractivity contribution in [3.63, 3.8) is 0 Å². The summed E-state index contributed by atoms with van der Waals surface area (Å²) in [6, 6.07) is 3.76. The Balaban J connectivity index is 2.62. The van der Waals surface area contributed by atoms with Crippen LogP contribution < -0.4 is 11.3 Å². The van der Waals surface area contributed by atoms with Crippen molar-refractivity contribution in [1.82, 2.24) is 5.43 Å². The maximum absolute atomic E-state index is 5.29. The molecule has 3 N–H and O–H groups in total. The maximum atomic E-state index is 5.29. The molecule has 1 aromatic rings. The minimum atomic E-state index is 0.0440. The molecule has 0 aliphatic carbocycles. The Morgan fingerprint density at radius 1 is 1.82 bits per heavy atom. The van der Waals surface area contributed by atoms with Gasteiger partial charge in [-0.3, -0.25) is 5.84 Å². The van der Waals surface area contributed by atoms with E-state index >= 15 is 0 Å². The minimum Gasteiger partial charge on any atom is -0.468 e. The molecule has 1 unspecified atom stereocenters. The minimum absolute atomic E-state index is 0.0440. The van der Waals surface area contributed by atoms with Crippen LogP contribution >= 0.6 is 0 Å². The topological polar surface area (TPSA) is 51.2 Å². The molecule has 0 fully saturated rings. The highest BCUT2D eigenvalue weighted by molar-refractivity contribution is 5.05. The standard InChI is InChI=1S/C8H12N2O/c1-2-4-7(10-9)8-5-3-6-11-8/h2-3,5-7,10H,1,4,9H2. The molecule has 1 heterocycles. The first-order chi connectivity index (χ1) is 5.38. The largest absolute Gasteiger partial charge is 0.468 e. The van der Waals surface area contributed by atoms with Gasteiger partial charge in [-0.05, 0) is 18.6 Å². The van der Waals surface area contributed by atoms with Crippen LogP contribution in [0, 0.1) is 0 Å². The fourth-order valence-electron chi connectivity index (χ4n) is 0.923. The van der Waals surface area contributed by atoms with Crippen molar-refractivity contribution in [1.29, 1.82) is 0 Å². The van der Waals surface area contributed by atoms with Gasteiger partial charge in [0.1, 0.15) is 5.76 Å². The highest BCUT2D eigenvalue weighted by Gasteiger charge is 2.08. The van der Waals surface area contributed by atoms with Crippen LogP contribution in [-0.2, 0) is 0 Å². The molecule has 0 saturated carbocycles. The molecule has 0 aliphatic heterocycles. The van der Waals surface area contributed by atoms with E-state index in [9.17, 15) is 0 Å². The number of nitrogens with two attached hydrogens (primary N) is 1. The summed E-state index contributed by atoms with van der Waals surface area (Å²) in [6.07, 6.45) is 4.19. The Bertz CT molecular complexity index is 206. The predicted molar refractivity (Wildman–Crippen MR) is 43.6 cm³/mol. The summed E-state index contributed by atoms with van der Waals surface area (Å²) >= 11 is 0. The van der Waals surface area contributed by atoms with Crippen molar-refractivity contribution >= 4 is 0 Å². The van der Waals surface area contributed by atoms with Crippen molar-refractivity contribution in [2.75, 3.05) is 0 Å². The lowest BCUT2D eigenvalue weighted by Gasteiger charge is -2.09. The maximum Gasteiger partial charge on any atom is 0.122 e. The summed E-state index contributed by atoms with van der Waals surface area (Å²) in [5.41, 5.74) is 2.64. The summed E-state index contributed by atoms with van der Waals surface area (Å²) in [5, 5.41) is 0. The number of furan rings is 1. The van der Waals surface area contributed by atoms with Crippen LogP contribution in [0.1, 0.15) is 18.2 Å². The summed E-state index contributed by atoms with van der Waals surface area (Å²) in [4.78, 5) is 0. The molecule has 60 valence electrons. The van der Waals surface area contributed by atoms with Crippen molar-refractivity contribution in [2.45, 2.75) is 12.5 Å². The molecule has 0 amide bonds. The quantitative estimate of drug-likeness (QED) is 0.389. The van der Waals surface area contributed by atoms with E-state index < -0.39 is 0 Å². The fourth-order valence-corrected chi connectivity index (χ4v) is 0.923. The third kappa shape index (κ3) is 1.93. The average molecular weight is 152 g/mol. The summed E-state index contributed by atoms with van der Waals surface area (Å²) in [7, 11) is 0. The monoisotopic (exact) mass is 152 g/mol. The third-order valence-corrected chi connectivity index (χ3v) is 1.49. The van der Waals surface area contributed by atoms with Gasteiger partial charge in [0.05, 0.1) is 12.3 Å². The normalized spacial score (nSPS) is 12.8. The molecule has 0 saturated heterocycles. The van der Waals surface area contributed by atoms with E-state index in [2.05, 4.69) is 12.0 Å². The van der Waals surface area contributed by atoms with Crippen LogP contribution in [-0.4, -0.2) is 0 Å². The average Bonchev–Trinajstić information content (AvgIpc) is 2.52. The summed E-state index contributed by atoms with van der Waals surface area (Å²) < 4.78 is 5.15. The molecule has 1 aromatic heterocycles. The number of hydrazine groups is 1. The zero-order valence-corrected chi connectivity index (χ0v) is 6.29. The van der Waals surface area contributed by atoms with Gasteiger partial charge in [0.15, 0.2) is 0 Å². The van der Waals surface area contributed by atoms with Crippen LogP contribution in [0.25, 0.3) is 0 Å². The van der Waals surface area contributed by atoms with E-state index in [1.807, 2.05) is 12.1 Å². The molecule has 3 heteroatoms. The van der Waals surface area contributed by atoms with E-state index in [0.717, 1.165) is 12.2 Å². The summed E-state index contributed by atoms with van der Waals surface area (Å²) in [6.45, 7) is 3.62. The molecule has 1 rings (SSSR count). The molecule has 0 bridgehead atoms. The van der Waals surface area contributed by atoms with E-state index in [0.29, 0.717) is 0 Å². The van der Waals surface area contributed by atoms with Crippen LogP contribution in [0.5, 0.6) is 0 Å². The Morgan fingerprint density at radius 2 is 2.64 bits per heavy atom. The SMILES string of the molecule is C=CCC(NN)c1ccco1. The van der Waals surface area contributed by atoms with Gasteiger partial charge in [0.25, 0.3) is 0 Å². The van der Waals surface area contributed by atoms with Gasteiger partial charge in [0.2, 0.25) is 0 Å². The van der Waals surface area contributed by atoms with Crippen LogP contribution in [0.4, 0.5) is 0 Å². The second kappa shape index (κ2) is 3.95. The van der Waals surface area contributed by atoms with E-state index in [4.69, 9.17) is 10.3 Å². The number of hydrogen-bond donors (Lipinski definition) is 2. The van der Waals surface area contributed by atoms with Gasteiger partial charge >= 0.3 is 0 Å². The van der Waals surface area contributed by atoms with Crippen molar-refractivity contribution in [3.05, 3.63) is 36.8 Å². The molecular weight excluding hydrogens is 140 g/mol. The molecule has 0 radical (unpaired) electrons. The van der Waals surface area contributed by atoms with E-state index in [1.165, 1.54) is 0 Å². The van der Waals surface area contributed by atoms with Gasteiger partial charge in [-0.15, -0.1) is 6.58 Å². The Kier molecular flexibility index (Phi) is 2.89. The van der Waals surface area contributed by atoms with Crippen molar-refractivity contribution in [2.24, 2.45) is 5.84 Å². The number of hydrogen-bond acceptors (Lipinski definition) is 3. The molecule has 0 aliphatic rings. The van der Waals surface area contributed by atoms with Crippen LogP contribution in [0.3, 0.4) is 0 Å². The third-order valence-electron chi connectivity index (χ3n) is 1.49. The second-order valence-corrected chi connectivity index (χ2v) is 2.26. The Labute approximate surface area is 65.9 Å². The highest BCUT2D eigenvalue weighted by Crippen LogP contribution is 2.15. The van der Waals surface area contributed by atoms with Gasteiger partial charge in [-0.2, -0.15) is 0 Å².